The van der Waals surface area contributed by atoms with Crippen LogP contribution in [0.25, 0.3) is 0 Å². The molecular weight excluding hydrogens is 231 g/mol. The number of rotatable bonds is 4. The van der Waals surface area contributed by atoms with Crippen molar-refractivity contribution in [2.75, 3.05) is 5.32 Å². The molecule has 1 saturated carbocycles. The lowest BCUT2D eigenvalue weighted by Crippen LogP contribution is -2.60. The zero-order valence-corrected chi connectivity index (χ0v) is 10.7. The van der Waals surface area contributed by atoms with Crippen LogP contribution < -0.4 is 11.1 Å². The number of nitrogens with two attached hydrogens (primary N) is 1. The average Bonchev–Trinajstić information content (AvgIpc) is 2.21. The fraction of sp³-hybridized carbons (Fsp3) is 0.500. The summed E-state index contributed by atoms with van der Waals surface area (Å²) in [5.74, 6) is 0.355. The molecule has 3 N–H and O–H groups in total. The topological polar surface area (TPSA) is 55.1 Å². The molecule has 0 radical (unpaired) electrons. The van der Waals surface area contributed by atoms with Gasteiger partial charge in [0.05, 0.1) is 0 Å². The molecule has 4 heteroatoms. The third-order valence-electron chi connectivity index (χ3n) is 3.84. The molecule has 0 spiro atoms. The molecule has 0 bridgehead atoms. The van der Waals surface area contributed by atoms with E-state index < -0.39 is 5.54 Å². The molecule has 18 heavy (non-hydrogen) atoms. The third kappa shape index (κ3) is 2.33. The van der Waals surface area contributed by atoms with E-state index in [0.717, 1.165) is 12.8 Å². The van der Waals surface area contributed by atoms with Gasteiger partial charge in [0.15, 0.2) is 0 Å². The largest absolute Gasteiger partial charge is 0.371 e. The number of nitrogens with one attached hydrogen (secondary N) is 1. The van der Waals surface area contributed by atoms with E-state index in [4.69, 9.17) is 5.73 Å². The van der Waals surface area contributed by atoms with Crippen LogP contribution in [0.2, 0.25) is 0 Å². The van der Waals surface area contributed by atoms with Gasteiger partial charge in [-0.3, -0.25) is 4.79 Å². The second kappa shape index (κ2) is 4.59. The van der Waals surface area contributed by atoms with Gasteiger partial charge in [0, 0.05) is 5.69 Å². The molecule has 1 amide bonds. The van der Waals surface area contributed by atoms with E-state index in [0.29, 0.717) is 17.5 Å². The Morgan fingerprint density at radius 3 is 2.67 bits per heavy atom. The van der Waals surface area contributed by atoms with Crippen molar-refractivity contribution in [1.29, 1.82) is 0 Å². The van der Waals surface area contributed by atoms with Crippen molar-refractivity contribution in [2.45, 2.75) is 32.2 Å². The van der Waals surface area contributed by atoms with E-state index in [2.05, 4.69) is 19.2 Å². The van der Waals surface area contributed by atoms with E-state index in [1.807, 2.05) is 0 Å². The van der Waals surface area contributed by atoms with Gasteiger partial charge in [0.1, 0.15) is 11.4 Å². The Morgan fingerprint density at radius 1 is 1.50 bits per heavy atom. The summed E-state index contributed by atoms with van der Waals surface area (Å²) >= 11 is 0. The van der Waals surface area contributed by atoms with Crippen LogP contribution in [0.15, 0.2) is 24.3 Å². The number of hydrogen-bond donors (Lipinski definition) is 2. The second-order valence-corrected chi connectivity index (χ2v) is 5.49. The van der Waals surface area contributed by atoms with Crippen molar-refractivity contribution in [1.82, 2.24) is 0 Å². The Labute approximate surface area is 107 Å². The van der Waals surface area contributed by atoms with Crippen molar-refractivity contribution in [3.8, 4) is 0 Å². The zero-order valence-electron chi connectivity index (χ0n) is 10.7. The molecule has 0 aromatic heterocycles. The first-order valence-electron chi connectivity index (χ1n) is 6.26. The first kappa shape index (κ1) is 12.9. The van der Waals surface area contributed by atoms with E-state index in [9.17, 15) is 9.18 Å². The van der Waals surface area contributed by atoms with E-state index in [1.165, 1.54) is 12.1 Å². The summed E-state index contributed by atoms with van der Waals surface area (Å²) in [6.45, 7) is 4.27. The number of halogens is 1. The summed E-state index contributed by atoms with van der Waals surface area (Å²) in [6.07, 6.45) is 1.44. The van der Waals surface area contributed by atoms with Gasteiger partial charge in [-0.2, -0.15) is 0 Å². The first-order chi connectivity index (χ1) is 8.43. The zero-order chi connectivity index (χ0) is 13.3. The van der Waals surface area contributed by atoms with Crippen molar-refractivity contribution >= 4 is 11.6 Å². The van der Waals surface area contributed by atoms with Crippen molar-refractivity contribution in [3.63, 3.8) is 0 Å². The molecule has 0 unspecified atom stereocenters. The quantitative estimate of drug-likeness (QED) is 0.862. The summed E-state index contributed by atoms with van der Waals surface area (Å²) in [4.78, 5) is 11.6. The van der Waals surface area contributed by atoms with Crippen LogP contribution >= 0.6 is 0 Å². The van der Waals surface area contributed by atoms with Gasteiger partial charge in [-0.1, -0.05) is 19.9 Å². The van der Waals surface area contributed by atoms with Crippen LogP contribution in [0.5, 0.6) is 0 Å². The highest BCUT2D eigenvalue weighted by Gasteiger charge is 2.49. The van der Waals surface area contributed by atoms with Gasteiger partial charge in [0.2, 0.25) is 5.91 Å². The summed E-state index contributed by atoms with van der Waals surface area (Å²) in [6, 6.07) is 6.12. The SMILES string of the molecule is CC(C)C1CC(Nc2cccc(F)c2)(C(N)=O)C1. The van der Waals surface area contributed by atoms with E-state index in [-0.39, 0.29) is 11.7 Å². The number of carbonyl (C=O) groups is 1. The second-order valence-electron chi connectivity index (χ2n) is 5.49. The van der Waals surface area contributed by atoms with Crippen LogP contribution in [0.4, 0.5) is 10.1 Å². The van der Waals surface area contributed by atoms with Crippen LogP contribution in [0.3, 0.4) is 0 Å². The van der Waals surface area contributed by atoms with Crippen molar-refractivity contribution < 1.29 is 9.18 Å². The number of anilines is 1. The fourth-order valence-electron chi connectivity index (χ4n) is 2.51. The van der Waals surface area contributed by atoms with Crippen LogP contribution in [0.1, 0.15) is 26.7 Å². The smallest absolute Gasteiger partial charge is 0.243 e. The lowest BCUT2D eigenvalue weighted by molar-refractivity contribution is -0.127. The standard InChI is InChI=1S/C14H19FN2O/c1-9(2)10-7-14(8-10,13(16)18)17-12-5-3-4-11(15)6-12/h3-6,9-10,17H,7-8H2,1-2H3,(H2,16,18). The molecule has 1 aliphatic rings. The summed E-state index contributed by atoms with van der Waals surface area (Å²) < 4.78 is 13.1. The van der Waals surface area contributed by atoms with Gasteiger partial charge in [-0.25, -0.2) is 4.39 Å². The minimum absolute atomic E-state index is 0.320. The maximum absolute atomic E-state index is 13.1. The maximum atomic E-state index is 13.1. The van der Waals surface area contributed by atoms with Gasteiger partial charge in [-0.05, 0) is 42.9 Å². The first-order valence-corrected chi connectivity index (χ1v) is 6.26. The number of carbonyl (C=O) groups excluding carboxylic acids is 1. The predicted octanol–water partition coefficient (Wildman–Crippen LogP) is 2.53. The van der Waals surface area contributed by atoms with E-state index >= 15 is 0 Å². The molecule has 0 heterocycles. The normalized spacial score (nSPS) is 26.8. The molecule has 1 fully saturated rings. The van der Waals surface area contributed by atoms with Crippen molar-refractivity contribution in [2.24, 2.45) is 17.6 Å². The summed E-state index contributed by atoms with van der Waals surface area (Å²) in [5, 5.41) is 3.10. The Balaban J connectivity index is 2.12. The van der Waals surface area contributed by atoms with Gasteiger partial charge in [-0.15, -0.1) is 0 Å². The molecule has 0 atom stereocenters. The van der Waals surface area contributed by atoms with Crippen molar-refractivity contribution in [3.05, 3.63) is 30.1 Å². The molecule has 3 nitrogen and oxygen atoms in total. The highest BCUT2D eigenvalue weighted by Crippen LogP contribution is 2.44. The molecule has 1 aromatic rings. The molecule has 98 valence electrons. The monoisotopic (exact) mass is 250 g/mol. The molecule has 0 saturated heterocycles. The predicted molar refractivity (Wildman–Crippen MR) is 69.5 cm³/mol. The Morgan fingerprint density at radius 2 is 2.17 bits per heavy atom. The van der Waals surface area contributed by atoms with Gasteiger partial charge in [0.25, 0.3) is 0 Å². The minimum atomic E-state index is -0.706. The minimum Gasteiger partial charge on any atom is -0.371 e. The highest BCUT2D eigenvalue weighted by atomic mass is 19.1. The Hall–Kier alpha value is -1.58. The van der Waals surface area contributed by atoms with Crippen LogP contribution in [-0.2, 0) is 4.79 Å². The highest BCUT2D eigenvalue weighted by molar-refractivity contribution is 5.89. The lowest BCUT2D eigenvalue weighted by Gasteiger charge is -2.48. The molecule has 1 aromatic carbocycles. The lowest BCUT2D eigenvalue weighted by atomic mass is 9.63. The summed E-state index contributed by atoms with van der Waals surface area (Å²) in [7, 11) is 0. The van der Waals surface area contributed by atoms with Crippen LogP contribution in [-0.4, -0.2) is 11.4 Å². The number of benzene rings is 1. The molecule has 0 aliphatic heterocycles. The average molecular weight is 250 g/mol. The Bertz CT molecular complexity index is 453. The molecule has 2 rings (SSSR count). The third-order valence-corrected chi connectivity index (χ3v) is 3.84. The fourth-order valence-corrected chi connectivity index (χ4v) is 2.51. The molecule has 1 aliphatic carbocycles. The van der Waals surface area contributed by atoms with Crippen LogP contribution in [0, 0.1) is 17.7 Å². The molecular formula is C14H19FN2O. The van der Waals surface area contributed by atoms with Gasteiger partial charge >= 0.3 is 0 Å². The van der Waals surface area contributed by atoms with Gasteiger partial charge < -0.3 is 11.1 Å². The number of hydrogen-bond acceptors (Lipinski definition) is 2. The van der Waals surface area contributed by atoms with E-state index in [1.54, 1.807) is 12.1 Å². The Kier molecular flexibility index (Phi) is 3.28. The number of amides is 1. The summed E-state index contributed by atoms with van der Waals surface area (Å²) in [5.41, 5.74) is 5.39. The maximum Gasteiger partial charge on any atom is 0.243 e. The number of primary amides is 1.